The molecule has 0 spiro atoms. The highest BCUT2D eigenvalue weighted by molar-refractivity contribution is 9.10. The van der Waals surface area contributed by atoms with Crippen LogP contribution in [0.25, 0.3) is 0 Å². The second-order valence-electron chi connectivity index (χ2n) is 4.58. The van der Waals surface area contributed by atoms with Crippen LogP contribution < -0.4 is 10.1 Å². The molecule has 0 saturated heterocycles. The van der Waals surface area contributed by atoms with Gasteiger partial charge in [-0.15, -0.1) is 0 Å². The number of carbonyl (C=O) groups excluding carboxylic acids is 1. The SMILES string of the molecule is COc1cc(Br)cc(C)c1NC(=O)C1CC1C(=O)O. The molecular weight excluding hydrogens is 314 g/mol. The standard InChI is InChI=1S/C13H14BrNO4/c1-6-3-7(14)4-10(19-2)11(6)15-12(16)8-5-9(8)13(17)18/h3-4,8-9H,5H2,1-2H3,(H,15,16)(H,17,18). The molecule has 1 amide bonds. The highest BCUT2D eigenvalue weighted by Crippen LogP contribution is 2.41. The summed E-state index contributed by atoms with van der Waals surface area (Å²) in [5.41, 5.74) is 1.44. The van der Waals surface area contributed by atoms with Crippen molar-refractivity contribution in [3.8, 4) is 5.75 Å². The number of nitrogens with one attached hydrogen (secondary N) is 1. The number of benzene rings is 1. The molecule has 0 bridgehead atoms. The molecule has 0 heterocycles. The second kappa shape index (κ2) is 5.21. The zero-order chi connectivity index (χ0) is 14.2. The maximum absolute atomic E-state index is 12.0. The number of rotatable bonds is 4. The maximum atomic E-state index is 12.0. The Balaban J connectivity index is 2.16. The van der Waals surface area contributed by atoms with Crippen molar-refractivity contribution < 1.29 is 19.4 Å². The largest absolute Gasteiger partial charge is 0.495 e. The van der Waals surface area contributed by atoms with Crippen molar-refractivity contribution in [2.24, 2.45) is 11.8 Å². The quantitative estimate of drug-likeness (QED) is 0.890. The minimum atomic E-state index is -0.917. The van der Waals surface area contributed by atoms with Crippen LogP contribution in [0, 0.1) is 18.8 Å². The van der Waals surface area contributed by atoms with Crippen molar-refractivity contribution in [1.82, 2.24) is 0 Å². The van der Waals surface area contributed by atoms with Gasteiger partial charge in [-0.1, -0.05) is 15.9 Å². The van der Waals surface area contributed by atoms with Gasteiger partial charge in [0.15, 0.2) is 0 Å². The van der Waals surface area contributed by atoms with Crippen molar-refractivity contribution in [3.63, 3.8) is 0 Å². The molecule has 2 atom stereocenters. The van der Waals surface area contributed by atoms with E-state index in [0.29, 0.717) is 17.9 Å². The van der Waals surface area contributed by atoms with Gasteiger partial charge in [-0.2, -0.15) is 0 Å². The summed E-state index contributed by atoms with van der Waals surface area (Å²) in [6.45, 7) is 1.85. The number of hydrogen-bond acceptors (Lipinski definition) is 3. The molecule has 1 fully saturated rings. The molecule has 2 N–H and O–H groups in total. The molecule has 5 nitrogen and oxygen atoms in total. The number of anilines is 1. The van der Waals surface area contributed by atoms with Crippen LogP contribution in [-0.4, -0.2) is 24.1 Å². The van der Waals surface area contributed by atoms with Crippen LogP contribution in [0.15, 0.2) is 16.6 Å². The van der Waals surface area contributed by atoms with E-state index in [0.717, 1.165) is 10.0 Å². The minimum Gasteiger partial charge on any atom is -0.495 e. The first-order valence-corrected chi connectivity index (χ1v) is 6.61. The van der Waals surface area contributed by atoms with E-state index in [1.165, 1.54) is 7.11 Å². The van der Waals surface area contributed by atoms with Gasteiger partial charge in [0.2, 0.25) is 5.91 Å². The molecule has 2 rings (SSSR count). The van der Waals surface area contributed by atoms with Gasteiger partial charge >= 0.3 is 5.97 Å². The zero-order valence-electron chi connectivity index (χ0n) is 10.6. The second-order valence-corrected chi connectivity index (χ2v) is 5.49. The highest BCUT2D eigenvalue weighted by atomic mass is 79.9. The van der Waals surface area contributed by atoms with Gasteiger partial charge in [0, 0.05) is 4.47 Å². The summed E-state index contributed by atoms with van der Waals surface area (Å²) in [7, 11) is 1.52. The third-order valence-corrected chi connectivity index (χ3v) is 3.63. The fourth-order valence-electron chi connectivity index (χ4n) is 2.01. The average molecular weight is 328 g/mol. The Kier molecular flexibility index (Phi) is 3.80. The number of hydrogen-bond donors (Lipinski definition) is 2. The number of halogens is 1. The number of carbonyl (C=O) groups is 2. The summed E-state index contributed by atoms with van der Waals surface area (Å²) in [6.07, 6.45) is 0.402. The predicted octanol–water partition coefficient (Wildman–Crippen LogP) is 2.43. The van der Waals surface area contributed by atoms with Gasteiger partial charge < -0.3 is 15.2 Å². The molecule has 19 heavy (non-hydrogen) atoms. The van der Waals surface area contributed by atoms with Gasteiger partial charge in [0.1, 0.15) is 5.75 Å². The van der Waals surface area contributed by atoms with Crippen LogP contribution in [0.3, 0.4) is 0 Å². The molecule has 0 radical (unpaired) electrons. The molecule has 102 valence electrons. The number of aliphatic carboxylic acids is 1. The van der Waals surface area contributed by atoms with Crippen LogP contribution in [0.2, 0.25) is 0 Å². The first-order valence-electron chi connectivity index (χ1n) is 5.82. The van der Waals surface area contributed by atoms with Crippen molar-refractivity contribution >= 4 is 33.5 Å². The number of aryl methyl sites for hydroxylation is 1. The van der Waals surface area contributed by atoms with E-state index in [1.54, 1.807) is 6.07 Å². The van der Waals surface area contributed by atoms with Gasteiger partial charge in [-0.25, -0.2) is 0 Å². The van der Waals surface area contributed by atoms with E-state index in [-0.39, 0.29) is 5.91 Å². The molecular formula is C13H14BrNO4. The molecule has 0 aliphatic heterocycles. The van der Waals surface area contributed by atoms with E-state index < -0.39 is 17.8 Å². The van der Waals surface area contributed by atoms with Crippen LogP contribution in [0.5, 0.6) is 5.75 Å². The lowest BCUT2D eigenvalue weighted by atomic mass is 10.1. The summed E-state index contributed by atoms with van der Waals surface area (Å²) < 4.78 is 6.08. The summed E-state index contributed by atoms with van der Waals surface area (Å²) in [4.78, 5) is 22.7. The summed E-state index contributed by atoms with van der Waals surface area (Å²) >= 11 is 3.35. The van der Waals surface area contributed by atoms with E-state index in [9.17, 15) is 9.59 Å². The van der Waals surface area contributed by atoms with Gasteiger partial charge in [0.05, 0.1) is 24.6 Å². The summed E-state index contributed by atoms with van der Waals surface area (Å²) in [5.74, 6) is -1.63. The van der Waals surface area contributed by atoms with Crippen molar-refractivity contribution in [1.29, 1.82) is 0 Å². The molecule has 1 aliphatic carbocycles. The zero-order valence-corrected chi connectivity index (χ0v) is 12.2. The topological polar surface area (TPSA) is 75.6 Å². The lowest BCUT2D eigenvalue weighted by Crippen LogP contribution is -2.18. The number of methoxy groups -OCH3 is 1. The van der Waals surface area contributed by atoms with Crippen molar-refractivity contribution in [2.45, 2.75) is 13.3 Å². The Morgan fingerprint density at radius 1 is 1.42 bits per heavy atom. The third-order valence-electron chi connectivity index (χ3n) is 3.18. The van der Waals surface area contributed by atoms with Crippen LogP contribution in [0.1, 0.15) is 12.0 Å². The molecule has 6 heteroatoms. The fourth-order valence-corrected chi connectivity index (χ4v) is 2.56. The monoisotopic (exact) mass is 327 g/mol. The van der Waals surface area contributed by atoms with E-state index >= 15 is 0 Å². The molecule has 0 aromatic heterocycles. The Morgan fingerprint density at radius 2 is 2.11 bits per heavy atom. The number of amides is 1. The predicted molar refractivity (Wildman–Crippen MR) is 73.3 cm³/mol. The fraction of sp³-hybridized carbons (Fsp3) is 0.385. The minimum absolute atomic E-state index is 0.267. The van der Waals surface area contributed by atoms with Gasteiger partial charge in [-0.3, -0.25) is 9.59 Å². The summed E-state index contributed by atoms with van der Waals surface area (Å²) in [5, 5.41) is 11.6. The van der Waals surface area contributed by atoms with E-state index in [1.807, 2.05) is 13.0 Å². The van der Waals surface area contributed by atoms with Gasteiger partial charge in [-0.05, 0) is 31.0 Å². The molecule has 1 saturated carbocycles. The van der Waals surface area contributed by atoms with Gasteiger partial charge in [0.25, 0.3) is 0 Å². The Labute approximate surface area is 119 Å². The van der Waals surface area contributed by atoms with E-state index in [2.05, 4.69) is 21.2 Å². The molecule has 1 aromatic carbocycles. The number of ether oxygens (including phenoxy) is 1. The highest BCUT2D eigenvalue weighted by Gasteiger charge is 2.48. The average Bonchev–Trinajstić information content (AvgIpc) is 3.12. The van der Waals surface area contributed by atoms with Crippen molar-refractivity contribution in [2.75, 3.05) is 12.4 Å². The first kappa shape index (κ1) is 13.9. The Morgan fingerprint density at radius 3 is 2.63 bits per heavy atom. The summed E-state index contributed by atoms with van der Waals surface area (Å²) in [6, 6.07) is 3.61. The molecule has 1 aliphatic rings. The smallest absolute Gasteiger partial charge is 0.307 e. The lowest BCUT2D eigenvalue weighted by Gasteiger charge is -2.13. The number of carboxylic acids is 1. The van der Waals surface area contributed by atoms with Crippen LogP contribution in [-0.2, 0) is 9.59 Å². The Bertz CT molecular complexity index is 544. The Hall–Kier alpha value is -1.56. The third kappa shape index (κ3) is 2.89. The number of carboxylic acid groups (broad SMARTS) is 1. The molecule has 1 aromatic rings. The van der Waals surface area contributed by atoms with E-state index in [4.69, 9.17) is 9.84 Å². The first-order chi connectivity index (χ1) is 8.93. The maximum Gasteiger partial charge on any atom is 0.307 e. The van der Waals surface area contributed by atoms with Crippen molar-refractivity contribution in [3.05, 3.63) is 22.2 Å². The van der Waals surface area contributed by atoms with Crippen LogP contribution >= 0.6 is 15.9 Å². The van der Waals surface area contributed by atoms with Crippen LogP contribution in [0.4, 0.5) is 5.69 Å². The lowest BCUT2D eigenvalue weighted by molar-refractivity contribution is -0.139. The normalized spacial score (nSPS) is 20.8. The molecule has 2 unspecified atom stereocenters.